The van der Waals surface area contributed by atoms with Crippen molar-refractivity contribution in [2.24, 2.45) is 0 Å². The number of benzene rings is 1. The highest BCUT2D eigenvalue weighted by atomic mass is 79.9. The van der Waals surface area contributed by atoms with Gasteiger partial charge in [0, 0.05) is 6.07 Å². The third kappa shape index (κ3) is 1.18. The Balaban J connectivity index is 2.67. The molecule has 0 radical (unpaired) electrons. The van der Waals surface area contributed by atoms with Crippen LogP contribution in [0.15, 0.2) is 22.6 Å². The van der Waals surface area contributed by atoms with Gasteiger partial charge in [-0.2, -0.15) is 0 Å². The van der Waals surface area contributed by atoms with Crippen LogP contribution in [0, 0.1) is 0 Å². The molecule has 2 aromatic rings. The third-order valence-electron chi connectivity index (χ3n) is 1.53. The molecule has 0 bridgehead atoms. The van der Waals surface area contributed by atoms with Crippen molar-refractivity contribution >= 4 is 27.0 Å². The van der Waals surface area contributed by atoms with Crippen LogP contribution < -0.4 is 0 Å². The van der Waals surface area contributed by atoms with E-state index >= 15 is 0 Å². The van der Waals surface area contributed by atoms with E-state index in [2.05, 4.69) is 20.9 Å². The summed E-state index contributed by atoms with van der Waals surface area (Å²) >= 11 is 3.24. The van der Waals surface area contributed by atoms with Crippen molar-refractivity contribution in [2.45, 2.75) is 5.33 Å². The highest BCUT2D eigenvalue weighted by molar-refractivity contribution is 9.08. The van der Waals surface area contributed by atoms with Crippen LogP contribution in [0.4, 0.5) is 0 Å². The molecule has 1 N–H and O–H groups in total. The minimum atomic E-state index is 0.194. The summed E-state index contributed by atoms with van der Waals surface area (Å²) in [4.78, 5) is 4.15. The maximum Gasteiger partial charge on any atom is 0.206 e. The Morgan fingerprint density at radius 3 is 3.08 bits per heavy atom. The van der Waals surface area contributed by atoms with Crippen LogP contribution in [0.3, 0.4) is 0 Å². The molecule has 0 aliphatic rings. The predicted octanol–water partition coefficient (Wildman–Crippen LogP) is 2.43. The van der Waals surface area contributed by atoms with Gasteiger partial charge in [0.15, 0.2) is 5.58 Å². The summed E-state index contributed by atoms with van der Waals surface area (Å²) in [5.74, 6) is 0.815. The number of halogens is 1. The van der Waals surface area contributed by atoms with Gasteiger partial charge >= 0.3 is 0 Å². The van der Waals surface area contributed by atoms with Crippen molar-refractivity contribution < 1.29 is 9.52 Å². The van der Waals surface area contributed by atoms with Crippen molar-refractivity contribution in [2.75, 3.05) is 0 Å². The first-order chi connectivity index (χ1) is 5.79. The van der Waals surface area contributed by atoms with E-state index in [9.17, 15) is 0 Å². The molecule has 1 aromatic carbocycles. The Morgan fingerprint density at radius 1 is 1.50 bits per heavy atom. The Bertz CT molecular complexity index is 410. The minimum Gasteiger partial charge on any atom is -0.508 e. The molecule has 3 nitrogen and oxygen atoms in total. The zero-order chi connectivity index (χ0) is 8.55. The van der Waals surface area contributed by atoms with E-state index in [1.807, 2.05) is 0 Å². The van der Waals surface area contributed by atoms with Crippen LogP contribution in [-0.4, -0.2) is 10.1 Å². The predicted molar refractivity (Wildman–Crippen MR) is 48.3 cm³/mol. The van der Waals surface area contributed by atoms with Crippen molar-refractivity contribution in [3.8, 4) is 5.75 Å². The molecule has 1 aromatic heterocycles. The van der Waals surface area contributed by atoms with Crippen molar-refractivity contribution in [1.29, 1.82) is 0 Å². The molecule has 0 saturated carbocycles. The Labute approximate surface area is 77.2 Å². The van der Waals surface area contributed by atoms with Gasteiger partial charge in [-0.15, -0.1) is 0 Å². The molecule has 2 rings (SSSR count). The maximum atomic E-state index is 9.11. The molecule has 0 atom stereocenters. The van der Waals surface area contributed by atoms with E-state index in [0.717, 1.165) is 5.52 Å². The minimum absolute atomic E-state index is 0.194. The second kappa shape index (κ2) is 2.79. The maximum absolute atomic E-state index is 9.11. The van der Waals surface area contributed by atoms with E-state index in [-0.39, 0.29) is 5.75 Å². The average Bonchev–Trinajstić information content (AvgIpc) is 2.46. The molecule has 12 heavy (non-hydrogen) atoms. The van der Waals surface area contributed by atoms with Crippen molar-refractivity contribution in [3.05, 3.63) is 24.1 Å². The molecule has 0 fully saturated rings. The largest absolute Gasteiger partial charge is 0.508 e. The number of phenols is 1. The van der Waals surface area contributed by atoms with Crippen LogP contribution >= 0.6 is 15.9 Å². The van der Waals surface area contributed by atoms with E-state index in [1.54, 1.807) is 18.2 Å². The zero-order valence-electron chi connectivity index (χ0n) is 6.12. The molecule has 0 unspecified atom stereocenters. The van der Waals surface area contributed by atoms with Gasteiger partial charge in [-0.25, -0.2) is 4.98 Å². The lowest BCUT2D eigenvalue weighted by atomic mass is 10.3. The van der Waals surface area contributed by atoms with Gasteiger partial charge in [-0.3, -0.25) is 0 Å². The molecule has 0 amide bonds. The van der Waals surface area contributed by atoms with E-state index < -0.39 is 0 Å². The van der Waals surface area contributed by atoms with Crippen molar-refractivity contribution in [1.82, 2.24) is 4.98 Å². The van der Waals surface area contributed by atoms with Gasteiger partial charge in [0.25, 0.3) is 0 Å². The summed E-state index contributed by atoms with van der Waals surface area (Å²) in [6, 6.07) is 4.86. The van der Waals surface area contributed by atoms with Crippen LogP contribution in [0.25, 0.3) is 11.1 Å². The summed E-state index contributed by atoms with van der Waals surface area (Å²) in [7, 11) is 0. The monoisotopic (exact) mass is 227 g/mol. The standard InChI is InChI=1S/C8H6BrNO2/c9-4-8-10-6-2-1-5(11)3-7(6)12-8/h1-3,11H,4H2. The number of hydrogen-bond donors (Lipinski definition) is 1. The molecule has 62 valence electrons. The third-order valence-corrected chi connectivity index (χ3v) is 2.01. The topological polar surface area (TPSA) is 46.3 Å². The number of phenolic OH excluding ortho intramolecular Hbond substituents is 1. The quantitative estimate of drug-likeness (QED) is 0.762. The van der Waals surface area contributed by atoms with Crippen LogP contribution in [0.2, 0.25) is 0 Å². The molecule has 0 aliphatic carbocycles. The lowest BCUT2D eigenvalue weighted by Crippen LogP contribution is -1.71. The van der Waals surface area contributed by atoms with Gasteiger partial charge in [0.05, 0.1) is 5.33 Å². The number of rotatable bonds is 1. The van der Waals surface area contributed by atoms with Crippen LogP contribution in [0.1, 0.15) is 5.89 Å². The first-order valence-electron chi connectivity index (χ1n) is 3.44. The number of aromatic hydroxyl groups is 1. The van der Waals surface area contributed by atoms with Gasteiger partial charge in [-0.05, 0) is 12.1 Å². The van der Waals surface area contributed by atoms with Crippen LogP contribution in [0.5, 0.6) is 5.75 Å². The first-order valence-corrected chi connectivity index (χ1v) is 4.56. The molecule has 1 heterocycles. The zero-order valence-corrected chi connectivity index (χ0v) is 7.71. The second-order valence-electron chi connectivity index (χ2n) is 2.39. The summed E-state index contributed by atoms with van der Waals surface area (Å²) in [5.41, 5.74) is 1.38. The Hall–Kier alpha value is -1.03. The second-order valence-corrected chi connectivity index (χ2v) is 2.95. The molecule has 0 spiro atoms. The van der Waals surface area contributed by atoms with Crippen LogP contribution in [-0.2, 0) is 5.33 Å². The first kappa shape index (κ1) is 7.61. The normalized spacial score (nSPS) is 10.8. The fourth-order valence-electron chi connectivity index (χ4n) is 1.02. The van der Waals surface area contributed by atoms with Gasteiger partial charge in [0.2, 0.25) is 5.89 Å². The SMILES string of the molecule is Oc1ccc2nc(CBr)oc2c1. The van der Waals surface area contributed by atoms with E-state index in [1.165, 1.54) is 0 Å². The smallest absolute Gasteiger partial charge is 0.206 e. The lowest BCUT2D eigenvalue weighted by Gasteiger charge is -1.87. The molecular formula is C8H6BrNO2. The number of fused-ring (bicyclic) bond motifs is 1. The van der Waals surface area contributed by atoms with Gasteiger partial charge in [-0.1, -0.05) is 15.9 Å². The number of oxazole rings is 1. The van der Waals surface area contributed by atoms with E-state index in [4.69, 9.17) is 9.52 Å². The summed E-state index contributed by atoms with van der Waals surface area (Å²) in [5, 5.41) is 9.70. The number of nitrogens with zero attached hydrogens (tertiary/aromatic N) is 1. The van der Waals surface area contributed by atoms with E-state index in [0.29, 0.717) is 16.8 Å². The number of hydrogen-bond acceptors (Lipinski definition) is 3. The average molecular weight is 228 g/mol. The fraction of sp³-hybridized carbons (Fsp3) is 0.125. The fourth-order valence-corrected chi connectivity index (χ4v) is 1.26. The number of aromatic nitrogens is 1. The molecular weight excluding hydrogens is 222 g/mol. The highest BCUT2D eigenvalue weighted by Gasteiger charge is 2.03. The molecule has 0 saturated heterocycles. The van der Waals surface area contributed by atoms with Gasteiger partial charge in [0.1, 0.15) is 11.3 Å². The summed E-state index contributed by atoms with van der Waals surface area (Å²) < 4.78 is 5.28. The number of alkyl halides is 1. The lowest BCUT2D eigenvalue weighted by molar-refractivity contribution is 0.474. The summed E-state index contributed by atoms with van der Waals surface area (Å²) in [6.45, 7) is 0. The Kier molecular flexibility index (Phi) is 1.77. The molecule has 0 aliphatic heterocycles. The van der Waals surface area contributed by atoms with Gasteiger partial charge < -0.3 is 9.52 Å². The van der Waals surface area contributed by atoms with Crippen molar-refractivity contribution in [3.63, 3.8) is 0 Å². The summed E-state index contributed by atoms with van der Waals surface area (Å²) in [6.07, 6.45) is 0. The highest BCUT2D eigenvalue weighted by Crippen LogP contribution is 2.21. The molecule has 4 heteroatoms. The Morgan fingerprint density at radius 2 is 2.33 bits per heavy atom.